The van der Waals surface area contributed by atoms with E-state index >= 15 is 0 Å². The lowest BCUT2D eigenvalue weighted by atomic mass is 9.86. The predicted molar refractivity (Wildman–Crippen MR) is 65.0 cm³/mol. The van der Waals surface area contributed by atoms with Crippen molar-refractivity contribution in [1.82, 2.24) is 5.32 Å². The quantitative estimate of drug-likeness (QED) is 0.785. The Morgan fingerprint density at radius 1 is 1.20 bits per heavy atom. The summed E-state index contributed by atoms with van der Waals surface area (Å²) in [6.07, 6.45) is 8.33. The van der Waals surface area contributed by atoms with Crippen molar-refractivity contribution >= 4 is 21.8 Å². The molecule has 2 aliphatic rings. The highest BCUT2D eigenvalue weighted by Crippen LogP contribution is 2.32. The summed E-state index contributed by atoms with van der Waals surface area (Å²) in [5, 5.41) is 4.25. The second kappa shape index (κ2) is 5.33. The molecule has 1 N–H and O–H groups in total. The van der Waals surface area contributed by atoms with Gasteiger partial charge in [-0.3, -0.25) is 4.79 Å². The van der Waals surface area contributed by atoms with E-state index in [-0.39, 0.29) is 5.91 Å². The van der Waals surface area contributed by atoms with Gasteiger partial charge >= 0.3 is 0 Å². The molecule has 0 saturated heterocycles. The summed E-state index contributed by atoms with van der Waals surface area (Å²) in [5.74, 6) is 1.65. The molecule has 2 atom stereocenters. The van der Waals surface area contributed by atoms with E-state index in [4.69, 9.17) is 0 Å². The van der Waals surface area contributed by atoms with Gasteiger partial charge in [-0.05, 0) is 37.5 Å². The van der Waals surface area contributed by atoms with Gasteiger partial charge in [0.2, 0.25) is 5.91 Å². The molecule has 2 rings (SSSR count). The summed E-state index contributed by atoms with van der Waals surface area (Å²) >= 11 is 3.55. The minimum absolute atomic E-state index is 0.287. The van der Waals surface area contributed by atoms with Crippen LogP contribution in [0.4, 0.5) is 0 Å². The first-order valence-corrected chi connectivity index (χ1v) is 7.27. The Morgan fingerprint density at radius 2 is 1.93 bits per heavy atom. The number of halogens is 1. The number of hydrogen-bond donors (Lipinski definition) is 1. The van der Waals surface area contributed by atoms with Crippen LogP contribution in [0.5, 0.6) is 0 Å². The van der Waals surface area contributed by atoms with Crippen molar-refractivity contribution in [2.24, 2.45) is 11.8 Å². The van der Waals surface area contributed by atoms with Crippen molar-refractivity contribution in [2.45, 2.75) is 51.0 Å². The fourth-order valence-corrected chi connectivity index (χ4v) is 3.21. The fourth-order valence-electron chi connectivity index (χ4n) is 2.43. The molecule has 86 valence electrons. The molecule has 2 aliphatic carbocycles. The molecule has 0 radical (unpaired) electrons. The first-order chi connectivity index (χ1) is 7.29. The fraction of sp³-hybridized carbons (Fsp3) is 0.917. The van der Waals surface area contributed by atoms with E-state index in [0.717, 1.165) is 11.8 Å². The Hall–Kier alpha value is -0.0500. The van der Waals surface area contributed by atoms with Crippen LogP contribution in [-0.2, 0) is 4.79 Å². The highest BCUT2D eigenvalue weighted by Gasteiger charge is 2.28. The van der Waals surface area contributed by atoms with Gasteiger partial charge in [0, 0.05) is 17.8 Å². The number of nitrogens with one attached hydrogen (secondary N) is 1. The maximum absolute atomic E-state index is 11.7. The van der Waals surface area contributed by atoms with E-state index in [2.05, 4.69) is 21.2 Å². The number of hydrogen-bond acceptors (Lipinski definition) is 1. The van der Waals surface area contributed by atoms with Crippen LogP contribution in [0.3, 0.4) is 0 Å². The van der Waals surface area contributed by atoms with Gasteiger partial charge in [0.25, 0.3) is 0 Å². The number of alkyl halides is 1. The first kappa shape index (κ1) is 11.4. The predicted octanol–water partition coefficient (Wildman–Crippen LogP) is 2.86. The third-order valence-corrected chi connectivity index (χ3v) is 4.46. The molecule has 15 heavy (non-hydrogen) atoms. The number of amides is 1. The van der Waals surface area contributed by atoms with Crippen molar-refractivity contribution in [3.05, 3.63) is 0 Å². The van der Waals surface area contributed by atoms with Crippen LogP contribution in [0.2, 0.25) is 0 Å². The molecule has 0 heterocycles. The summed E-state index contributed by atoms with van der Waals surface area (Å²) in [7, 11) is 0. The van der Waals surface area contributed by atoms with E-state index in [1.807, 2.05) is 0 Å². The van der Waals surface area contributed by atoms with Crippen molar-refractivity contribution < 1.29 is 4.79 Å². The van der Waals surface area contributed by atoms with Crippen LogP contribution in [0.15, 0.2) is 0 Å². The average molecular weight is 274 g/mol. The van der Waals surface area contributed by atoms with Crippen LogP contribution in [-0.4, -0.2) is 17.3 Å². The standard InChI is InChI=1S/C12H20BrNO/c13-8-10-3-1-2-4-11(10)14-12(15)7-9-5-6-9/h9-11H,1-8H2,(H,14,15). The maximum atomic E-state index is 11.7. The molecule has 1 amide bonds. The topological polar surface area (TPSA) is 29.1 Å². The molecule has 2 nitrogen and oxygen atoms in total. The lowest BCUT2D eigenvalue weighted by Crippen LogP contribution is -2.42. The summed E-state index contributed by atoms with van der Waals surface area (Å²) in [5.41, 5.74) is 0. The Kier molecular flexibility index (Phi) is 4.06. The van der Waals surface area contributed by atoms with Crippen molar-refractivity contribution in [1.29, 1.82) is 0 Å². The minimum Gasteiger partial charge on any atom is -0.353 e. The molecular formula is C12H20BrNO. The number of carbonyl (C=O) groups excluding carboxylic acids is 1. The van der Waals surface area contributed by atoms with Gasteiger partial charge in [0.15, 0.2) is 0 Å². The maximum Gasteiger partial charge on any atom is 0.220 e. The van der Waals surface area contributed by atoms with Crippen LogP contribution in [0.25, 0.3) is 0 Å². The van der Waals surface area contributed by atoms with E-state index in [0.29, 0.717) is 17.9 Å². The zero-order chi connectivity index (χ0) is 10.7. The monoisotopic (exact) mass is 273 g/mol. The van der Waals surface area contributed by atoms with Crippen LogP contribution in [0.1, 0.15) is 44.9 Å². The first-order valence-electron chi connectivity index (χ1n) is 6.15. The van der Waals surface area contributed by atoms with Gasteiger partial charge in [0.1, 0.15) is 0 Å². The highest BCUT2D eigenvalue weighted by molar-refractivity contribution is 9.09. The van der Waals surface area contributed by atoms with Crippen LogP contribution < -0.4 is 5.32 Å². The summed E-state index contributed by atoms with van der Waals surface area (Å²) in [4.78, 5) is 11.7. The van der Waals surface area contributed by atoms with Gasteiger partial charge in [-0.25, -0.2) is 0 Å². The number of carbonyl (C=O) groups is 1. The Labute approximate surface area is 100 Å². The zero-order valence-corrected chi connectivity index (χ0v) is 10.8. The van der Waals surface area contributed by atoms with Gasteiger partial charge in [-0.15, -0.1) is 0 Å². The molecule has 3 heteroatoms. The SMILES string of the molecule is O=C(CC1CC1)NC1CCCCC1CBr. The van der Waals surface area contributed by atoms with Gasteiger partial charge < -0.3 is 5.32 Å². The van der Waals surface area contributed by atoms with Crippen molar-refractivity contribution in [3.8, 4) is 0 Å². The smallest absolute Gasteiger partial charge is 0.220 e. The Balaban J connectivity index is 1.76. The molecular weight excluding hydrogens is 254 g/mol. The lowest BCUT2D eigenvalue weighted by molar-refractivity contribution is -0.122. The summed E-state index contributed by atoms with van der Waals surface area (Å²) in [6.45, 7) is 0. The van der Waals surface area contributed by atoms with Crippen molar-refractivity contribution in [3.63, 3.8) is 0 Å². The van der Waals surface area contributed by atoms with Gasteiger partial charge in [-0.1, -0.05) is 28.8 Å². The lowest BCUT2D eigenvalue weighted by Gasteiger charge is -2.31. The molecule has 0 aromatic carbocycles. The second-order valence-electron chi connectivity index (χ2n) is 5.02. The minimum atomic E-state index is 0.287. The van der Waals surface area contributed by atoms with Crippen LogP contribution >= 0.6 is 15.9 Å². The van der Waals surface area contributed by atoms with Gasteiger partial charge in [-0.2, -0.15) is 0 Å². The summed E-state index contributed by atoms with van der Waals surface area (Å²) < 4.78 is 0. The molecule has 2 unspecified atom stereocenters. The van der Waals surface area contributed by atoms with E-state index in [1.165, 1.54) is 38.5 Å². The van der Waals surface area contributed by atoms with Crippen LogP contribution in [0, 0.1) is 11.8 Å². The molecule has 0 aliphatic heterocycles. The van der Waals surface area contributed by atoms with Gasteiger partial charge in [0.05, 0.1) is 0 Å². The summed E-state index contributed by atoms with van der Waals surface area (Å²) in [6, 6.07) is 0.435. The highest BCUT2D eigenvalue weighted by atomic mass is 79.9. The Morgan fingerprint density at radius 3 is 2.60 bits per heavy atom. The molecule has 0 aromatic heterocycles. The molecule has 0 bridgehead atoms. The largest absolute Gasteiger partial charge is 0.353 e. The van der Waals surface area contributed by atoms with E-state index in [1.54, 1.807) is 0 Å². The third-order valence-electron chi connectivity index (χ3n) is 3.62. The normalized spacial score (nSPS) is 31.3. The average Bonchev–Trinajstić information content (AvgIpc) is 3.02. The van der Waals surface area contributed by atoms with Crippen molar-refractivity contribution in [2.75, 3.05) is 5.33 Å². The van der Waals surface area contributed by atoms with E-state index in [9.17, 15) is 4.79 Å². The molecule has 0 spiro atoms. The molecule has 2 fully saturated rings. The van der Waals surface area contributed by atoms with E-state index < -0.39 is 0 Å². The third kappa shape index (κ3) is 3.47. The Bertz CT molecular complexity index is 228. The zero-order valence-electron chi connectivity index (χ0n) is 9.18. The second-order valence-corrected chi connectivity index (χ2v) is 5.67. The number of rotatable bonds is 4. The molecule has 2 saturated carbocycles. The molecule has 0 aromatic rings.